The fourth-order valence-electron chi connectivity index (χ4n) is 9.40. The molecular weight excluding hydrogens is 1050 g/mol. The first-order valence-electron chi connectivity index (χ1n) is 34.0. The second-order valence-electron chi connectivity index (χ2n) is 22.3. The monoisotopic (exact) mass is 1180 g/mol. The molecule has 0 aliphatic carbocycles. The minimum Gasteiger partial charge on any atom is -0.462 e. The molecule has 476 valence electrons. The first-order valence-corrected chi connectivity index (χ1v) is 35.5. The summed E-state index contributed by atoms with van der Waals surface area (Å²) in [6.07, 6.45) is 94.2. The number of ether oxygens (including phenoxy) is 2. The molecule has 10 heteroatoms. The molecule has 0 heterocycles. The van der Waals surface area contributed by atoms with Gasteiger partial charge in [-0.05, 0) is 103 Å². The number of unbranched alkanes of at least 4 members (excludes halogenated alkanes) is 30. The minimum atomic E-state index is -4.40. The van der Waals surface area contributed by atoms with Crippen LogP contribution in [0.4, 0.5) is 0 Å². The van der Waals surface area contributed by atoms with Crippen LogP contribution in [0.3, 0.4) is 0 Å². The average molecular weight is 1180 g/mol. The van der Waals surface area contributed by atoms with Gasteiger partial charge in [-0.15, -0.1) is 0 Å². The zero-order valence-electron chi connectivity index (χ0n) is 53.4. The van der Waals surface area contributed by atoms with Gasteiger partial charge in [-0.25, -0.2) is 4.57 Å². The van der Waals surface area contributed by atoms with E-state index in [1.807, 2.05) is 0 Å². The molecule has 2 unspecified atom stereocenters. The number of hydrogen-bond acceptors (Lipinski definition) is 8. The largest absolute Gasteiger partial charge is 0.472 e. The molecular formula is C73H126NO8P. The van der Waals surface area contributed by atoms with Crippen LogP contribution in [-0.4, -0.2) is 49.3 Å². The van der Waals surface area contributed by atoms with Crippen LogP contribution >= 0.6 is 7.82 Å². The SMILES string of the molecule is CC/C=C\C/C=C\C/C=C\C/C=C\C/C=C\CCCCCCCCCCCCCCCCCC(=O)OCC(COP(=O)(O)OCCN)OC(=O)CCCCCCCCCCCCCCCCC/C=C\C/C=C\C/C=C\C/C=C\C/C=C\CC. The van der Waals surface area contributed by atoms with Crippen molar-refractivity contribution in [3.05, 3.63) is 122 Å². The lowest BCUT2D eigenvalue weighted by molar-refractivity contribution is -0.161. The highest BCUT2D eigenvalue weighted by Gasteiger charge is 2.26. The molecule has 3 N–H and O–H groups in total. The lowest BCUT2D eigenvalue weighted by Gasteiger charge is -2.19. The number of nitrogens with two attached hydrogens (primary N) is 1. The third-order valence-corrected chi connectivity index (χ3v) is 15.3. The summed E-state index contributed by atoms with van der Waals surface area (Å²) < 4.78 is 33.2. The Labute approximate surface area is 511 Å². The predicted molar refractivity (Wildman–Crippen MR) is 358 cm³/mol. The van der Waals surface area contributed by atoms with Crippen LogP contribution in [-0.2, 0) is 32.7 Å². The third-order valence-electron chi connectivity index (χ3n) is 14.3. The van der Waals surface area contributed by atoms with Crippen LogP contribution in [0.2, 0.25) is 0 Å². The molecule has 2 atom stereocenters. The molecule has 0 amide bonds. The van der Waals surface area contributed by atoms with E-state index in [1.54, 1.807) is 0 Å². The van der Waals surface area contributed by atoms with Crippen LogP contribution in [0.1, 0.15) is 296 Å². The van der Waals surface area contributed by atoms with Crippen molar-refractivity contribution < 1.29 is 37.6 Å². The normalized spacial score (nSPS) is 13.7. The number of esters is 2. The summed E-state index contributed by atoms with van der Waals surface area (Å²) >= 11 is 0. The van der Waals surface area contributed by atoms with Crippen LogP contribution < -0.4 is 5.73 Å². The Morgan fingerprint density at radius 3 is 0.928 bits per heavy atom. The van der Waals surface area contributed by atoms with E-state index >= 15 is 0 Å². The van der Waals surface area contributed by atoms with E-state index in [-0.39, 0.29) is 38.6 Å². The van der Waals surface area contributed by atoms with E-state index in [2.05, 4.69) is 135 Å². The average Bonchev–Trinajstić information content (AvgIpc) is 3.48. The fraction of sp³-hybridized carbons (Fsp3) is 0.699. The number of phosphoric ester groups is 1. The Kier molecular flexibility index (Phi) is 64.6. The van der Waals surface area contributed by atoms with Gasteiger partial charge in [0, 0.05) is 19.4 Å². The van der Waals surface area contributed by atoms with Gasteiger partial charge in [0.1, 0.15) is 6.61 Å². The second-order valence-corrected chi connectivity index (χ2v) is 23.7. The molecule has 0 saturated carbocycles. The molecule has 0 saturated heterocycles. The highest BCUT2D eigenvalue weighted by molar-refractivity contribution is 7.47. The standard InChI is InChI=1S/C73H126NO8P/c1-3-5-7-9-11-13-15-17-19-21-23-25-27-29-31-33-35-37-39-41-43-45-47-49-51-53-55-57-59-61-63-65-72(75)79-69-71(70-81-83(77,78)80-68-67-74)82-73(76)66-64-62-60-58-56-54-52-50-48-46-44-42-40-38-36-34-32-30-28-26-24-22-20-18-16-14-12-10-8-6-4-2/h5-8,11-14,17-20,23-26,29-32,71H,3-4,9-10,15-16,21-22,27-28,33-70,74H2,1-2H3,(H,77,78)/b7-5-,8-6-,13-11-,14-12-,19-17-,20-18-,25-23-,26-24-,31-29-,32-30-. The molecule has 0 radical (unpaired) electrons. The van der Waals surface area contributed by atoms with Gasteiger partial charge in [-0.1, -0.05) is 302 Å². The highest BCUT2D eigenvalue weighted by atomic mass is 31.2. The van der Waals surface area contributed by atoms with Crippen molar-refractivity contribution in [2.24, 2.45) is 5.73 Å². The molecule has 0 spiro atoms. The first kappa shape index (κ1) is 79.4. The van der Waals surface area contributed by atoms with Gasteiger partial charge >= 0.3 is 19.8 Å². The van der Waals surface area contributed by atoms with E-state index < -0.39 is 26.5 Å². The zero-order chi connectivity index (χ0) is 60.1. The van der Waals surface area contributed by atoms with Crippen molar-refractivity contribution in [2.75, 3.05) is 26.4 Å². The van der Waals surface area contributed by atoms with Gasteiger partial charge in [0.2, 0.25) is 0 Å². The first-order chi connectivity index (χ1) is 40.8. The van der Waals surface area contributed by atoms with Crippen molar-refractivity contribution in [3.8, 4) is 0 Å². The van der Waals surface area contributed by atoms with Crippen molar-refractivity contribution >= 4 is 19.8 Å². The summed E-state index contributed by atoms with van der Waals surface area (Å²) in [6, 6.07) is 0. The molecule has 0 aromatic rings. The maximum Gasteiger partial charge on any atom is 0.472 e. The Morgan fingerprint density at radius 2 is 0.627 bits per heavy atom. The Bertz CT molecular complexity index is 1770. The minimum absolute atomic E-state index is 0.0498. The maximum atomic E-state index is 12.8. The summed E-state index contributed by atoms with van der Waals surface area (Å²) in [7, 11) is -4.40. The van der Waals surface area contributed by atoms with Crippen LogP contribution in [0.5, 0.6) is 0 Å². The molecule has 0 fully saturated rings. The molecule has 0 bridgehead atoms. The molecule has 0 rings (SSSR count). The summed E-state index contributed by atoms with van der Waals surface area (Å²) in [5.41, 5.74) is 5.40. The Balaban J connectivity index is 3.90. The van der Waals surface area contributed by atoms with Gasteiger partial charge in [0.25, 0.3) is 0 Å². The summed E-state index contributed by atoms with van der Waals surface area (Å²) in [5, 5.41) is 0. The van der Waals surface area contributed by atoms with Crippen LogP contribution in [0, 0.1) is 0 Å². The van der Waals surface area contributed by atoms with Crippen molar-refractivity contribution in [2.45, 2.75) is 302 Å². The second kappa shape index (κ2) is 67.5. The third kappa shape index (κ3) is 67.4. The van der Waals surface area contributed by atoms with E-state index in [0.717, 1.165) is 103 Å². The number of allylic oxidation sites excluding steroid dienone is 20. The summed E-state index contributed by atoms with van der Waals surface area (Å²) in [5.74, 6) is -0.824. The molecule has 0 aliphatic heterocycles. The van der Waals surface area contributed by atoms with Gasteiger partial charge < -0.3 is 20.1 Å². The van der Waals surface area contributed by atoms with Gasteiger partial charge in [0.05, 0.1) is 13.2 Å². The highest BCUT2D eigenvalue weighted by Crippen LogP contribution is 2.43. The van der Waals surface area contributed by atoms with E-state index in [0.29, 0.717) is 6.42 Å². The lowest BCUT2D eigenvalue weighted by Crippen LogP contribution is -2.29. The number of carbonyl (C=O) groups excluding carboxylic acids is 2. The van der Waals surface area contributed by atoms with Crippen molar-refractivity contribution in [3.63, 3.8) is 0 Å². The number of phosphoric acid groups is 1. The zero-order valence-corrected chi connectivity index (χ0v) is 54.3. The fourth-order valence-corrected chi connectivity index (χ4v) is 10.2. The topological polar surface area (TPSA) is 134 Å². The Hall–Kier alpha value is -3.59. The quantitative estimate of drug-likeness (QED) is 0.0264. The van der Waals surface area contributed by atoms with E-state index in [9.17, 15) is 19.0 Å². The maximum absolute atomic E-state index is 12.8. The van der Waals surface area contributed by atoms with Crippen molar-refractivity contribution in [1.29, 1.82) is 0 Å². The van der Waals surface area contributed by atoms with Crippen molar-refractivity contribution in [1.82, 2.24) is 0 Å². The molecule has 0 aromatic heterocycles. The number of hydrogen-bond donors (Lipinski definition) is 2. The Morgan fingerprint density at radius 1 is 0.361 bits per heavy atom. The van der Waals surface area contributed by atoms with Gasteiger partial charge in [-0.2, -0.15) is 0 Å². The lowest BCUT2D eigenvalue weighted by atomic mass is 10.0. The van der Waals surface area contributed by atoms with E-state index in [1.165, 1.54) is 161 Å². The van der Waals surface area contributed by atoms with Crippen LogP contribution in [0.25, 0.3) is 0 Å². The molecule has 9 nitrogen and oxygen atoms in total. The molecule has 0 aliphatic rings. The van der Waals surface area contributed by atoms with Crippen LogP contribution in [0.15, 0.2) is 122 Å². The van der Waals surface area contributed by atoms with Gasteiger partial charge in [0.15, 0.2) is 6.10 Å². The molecule has 0 aromatic carbocycles. The molecule has 83 heavy (non-hydrogen) atoms. The number of rotatable bonds is 63. The van der Waals surface area contributed by atoms with Gasteiger partial charge in [-0.3, -0.25) is 18.6 Å². The summed E-state index contributed by atoms with van der Waals surface area (Å²) in [4.78, 5) is 35.4. The smallest absolute Gasteiger partial charge is 0.462 e. The predicted octanol–water partition coefficient (Wildman–Crippen LogP) is 22.3. The number of carbonyl (C=O) groups is 2. The van der Waals surface area contributed by atoms with E-state index in [4.69, 9.17) is 24.3 Å². The summed E-state index contributed by atoms with van der Waals surface area (Å²) in [6.45, 7) is 3.54.